The van der Waals surface area contributed by atoms with Gasteiger partial charge in [-0.05, 0) is 31.0 Å². The van der Waals surface area contributed by atoms with Crippen LogP contribution in [0.4, 0.5) is 8.78 Å². The number of piperidine rings is 1. The molecule has 3 rings (SSSR count). The molecular formula is C18H20F2N4O2. The molecule has 1 fully saturated rings. The third-order valence-electron chi connectivity index (χ3n) is 4.73. The van der Waals surface area contributed by atoms with Crippen molar-refractivity contribution < 1.29 is 18.4 Å². The normalized spacial score (nSPS) is 16.4. The number of nitrogens with zero attached hydrogens (tertiary/aromatic N) is 4. The number of amides is 2. The van der Waals surface area contributed by atoms with Crippen LogP contribution in [0.5, 0.6) is 0 Å². The SMILES string of the molecule is CN(C)C(=O)C1(n2cccn2)CCN(C(=O)c2cc(F)cc(F)c2)CC1. The molecule has 0 radical (unpaired) electrons. The average Bonchev–Trinajstić information content (AvgIpc) is 3.14. The van der Waals surface area contributed by atoms with Crippen molar-refractivity contribution in [3.63, 3.8) is 0 Å². The first-order chi connectivity index (χ1) is 12.3. The lowest BCUT2D eigenvalue weighted by Gasteiger charge is -2.42. The average molecular weight is 362 g/mol. The molecule has 2 amide bonds. The predicted octanol–water partition coefficient (Wildman–Crippen LogP) is 1.88. The Kier molecular flexibility index (Phi) is 4.76. The molecule has 0 atom stereocenters. The Morgan fingerprint density at radius 1 is 1.12 bits per heavy atom. The highest BCUT2D eigenvalue weighted by Crippen LogP contribution is 2.32. The Labute approximate surface area is 150 Å². The van der Waals surface area contributed by atoms with Crippen LogP contribution in [0.25, 0.3) is 0 Å². The number of aromatic nitrogens is 2. The summed E-state index contributed by atoms with van der Waals surface area (Å²) >= 11 is 0. The highest BCUT2D eigenvalue weighted by atomic mass is 19.1. The molecule has 1 aliphatic heterocycles. The van der Waals surface area contributed by atoms with Crippen LogP contribution in [0.2, 0.25) is 0 Å². The number of rotatable bonds is 3. The molecule has 1 aromatic heterocycles. The molecule has 26 heavy (non-hydrogen) atoms. The number of carbonyl (C=O) groups excluding carboxylic acids is 2. The van der Waals surface area contributed by atoms with Crippen molar-refractivity contribution in [1.82, 2.24) is 19.6 Å². The molecule has 0 saturated carbocycles. The van der Waals surface area contributed by atoms with E-state index in [1.807, 2.05) is 0 Å². The molecule has 0 spiro atoms. The van der Waals surface area contributed by atoms with Gasteiger partial charge in [-0.25, -0.2) is 8.78 Å². The number of likely N-dealkylation sites (N-methyl/N-ethyl adjacent to an activating group) is 1. The first-order valence-electron chi connectivity index (χ1n) is 8.31. The second-order valence-corrected chi connectivity index (χ2v) is 6.63. The monoisotopic (exact) mass is 362 g/mol. The van der Waals surface area contributed by atoms with Gasteiger partial charge in [0.05, 0.1) is 0 Å². The first-order valence-corrected chi connectivity index (χ1v) is 8.31. The van der Waals surface area contributed by atoms with Crippen LogP contribution in [0.1, 0.15) is 23.2 Å². The maximum Gasteiger partial charge on any atom is 0.254 e. The lowest BCUT2D eigenvalue weighted by atomic mass is 9.86. The van der Waals surface area contributed by atoms with Crippen LogP contribution < -0.4 is 0 Å². The standard InChI is InChI=1S/C18H20F2N4O2/c1-22(2)17(26)18(24-7-3-6-21-24)4-8-23(9-5-18)16(25)13-10-14(19)12-15(20)11-13/h3,6-7,10-12H,4-5,8-9H2,1-2H3. The van der Waals surface area contributed by atoms with Gasteiger partial charge in [0, 0.05) is 51.2 Å². The maximum atomic E-state index is 13.4. The van der Waals surface area contributed by atoms with E-state index in [1.165, 1.54) is 9.80 Å². The van der Waals surface area contributed by atoms with Gasteiger partial charge in [-0.1, -0.05) is 0 Å². The minimum absolute atomic E-state index is 0.0342. The van der Waals surface area contributed by atoms with Gasteiger partial charge in [0.1, 0.15) is 17.2 Å². The van der Waals surface area contributed by atoms with E-state index in [4.69, 9.17) is 0 Å². The lowest BCUT2D eigenvalue weighted by Crippen LogP contribution is -2.55. The fourth-order valence-electron chi connectivity index (χ4n) is 3.42. The molecule has 1 aliphatic rings. The molecule has 2 aromatic rings. The van der Waals surface area contributed by atoms with Crippen LogP contribution in [0, 0.1) is 11.6 Å². The molecule has 0 unspecified atom stereocenters. The van der Waals surface area contributed by atoms with Crippen molar-refractivity contribution in [2.75, 3.05) is 27.2 Å². The van der Waals surface area contributed by atoms with Crippen molar-refractivity contribution >= 4 is 11.8 Å². The molecule has 1 aromatic carbocycles. The van der Waals surface area contributed by atoms with Gasteiger partial charge in [0.15, 0.2) is 0 Å². The second-order valence-electron chi connectivity index (χ2n) is 6.63. The summed E-state index contributed by atoms with van der Waals surface area (Å²) in [6.07, 6.45) is 4.09. The third-order valence-corrected chi connectivity index (χ3v) is 4.73. The van der Waals surface area contributed by atoms with E-state index in [-0.39, 0.29) is 24.6 Å². The zero-order valence-electron chi connectivity index (χ0n) is 14.7. The smallest absolute Gasteiger partial charge is 0.254 e. The highest BCUT2D eigenvalue weighted by Gasteiger charge is 2.45. The predicted molar refractivity (Wildman–Crippen MR) is 90.4 cm³/mol. The Hall–Kier alpha value is -2.77. The Balaban J connectivity index is 1.82. The van der Waals surface area contributed by atoms with Gasteiger partial charge in [-0.2, -0.15) is 5.10 Å². The summed E-state index contributed by atoms with van der Waals surface area (Å²) in [5.41, 5.74) is -0.898. The Bertz CT molecular complexity index is 792. The quantitative estimate of drug-likeness (QED) is 0.838. The van der Waals surface area contributed by atoms with Gasteiger partial charge in [-0.3, -0.25) is 14.3 Å². The van der Waals surface area contributed by atoms with E-state index in [0.717, 1.165) is 18.2 Å². The highest BCUT2D eigenvalue weighted by molar-refractivity contribution is 5.94. The molecule has 0 bridgehead atoms. The van der Waals surface area contributed by atoms with E-state index in [0.29, 0.717) is 12.8 Å². The zero-order valence-corrected chi connectivity index (χ0v) is 14.7. The van der Waals surface area contributed by atoms with Crippen LogP contribution in [0.3, 0.4) is 0 Å². The van der Waals surface area contributed by atoms with E-state index in [1.54, 1.807) is 37.2 Å². The summed E-state index contributed by atoms with van der Waals surface area (Å²) in [6.45, 7) is 0.576. The number of likely N-dealkylation sites (tertiary alicyclic amines) is 1. The first kappa shape index (κ1) is 18.0. The van der Waals surface area contributed by atoms with Gasteiger partial charge in [0.25, 0.3) is 5.91 Å². The summed E-state index contributed by atoms with van der Waals surface area (Å²) in [5.74, 6) is -2.13. The molecule has 1 saturated heterocycles. The zero-order chi connectivity index (χ0) is 18.9. The molecule has 6 nitrogen and oxygen atoms in total. The number of carbonyl (C=O) groups is 2. The van der Waals surface area contributed by atoms with Crippen molar-refractivity contribution in [3.8, 4) is 0 Å². The van der Waals surface area contributed by atoms with Gasteiger partial charge < -0.3 is 9.80 Å². The third kappa shape index (κ3) is 3.18. The van der Waals surface area contributed by atoms with Crippen molar-refractivity contribution in [2.45, 2.75) is 18.4 Å². The second kappa shape index (κ2) is 6.86. The number of hydrogen-bond acceptors (Lipinski definition) is 3. The fourth-order valence-corrected chi connectivity index (χ4v) is 3.42. The lowest BCUT2D eigenvalue weighted by molar-refractivity contribution is -0.141. The van der Waals surface area contributed by atoms with Gasteiger partial charge in [0.2, 0.25) is 5.91 Å². The summed E-state index contributed by atoms with van der Waals surface area (Å²) in [5, 5.41) is 4.23. The Morgan fingerprint density at radius 2 is 1.73 bits per heavy atom. The van der Waals surface area contributed by atoms with E-state index in [9.17, 15) is 18.4 Å². The van der Waals surface area contributed by atoms with Crippen molar-refractivity contribution in [1.29, 1.82) is 0 Å². The number of halogens is 2. The van der Waals surface area contributed by atoms with Crippen LogP contribution in [-0.2, 0) is 10.3 Å². The minimum atomic E-state index is -0.864. The molecule has 2 heterocycles. The van der Waals surface area contributed by atoms with Crippen LogP contribution in [0.15, 0.2) is 36.7 Å². The molecule has 8 heteroatoms. The molecule has 0 N–H and O–H groups in total. The van der Waals surface area contributed by atoms with Crippen molar-refractivity contribution in [3.05, 3.63) is 53.9 Å². The molecule has 138 valence electrons. The van der Waals surface area contributed by atoms with E-state index in [2.05, 4.69) is 5.10 Å². The van der Waals surface area contributed by atoms with Crippen LogP contribution in [-0.4, -0.2) is 58.6 Å². The topological polar surface area (TPSA) is 58.4 Å². The summed E-state index contributed by atoms with van der Waals surface area (Å²) in [6, 6.07) is 4.51. The maximum absolute atomic E-state index is 13.4. The Morgan fingerprint density at radius 3 is 2.23 bits per heavy atom. The van der Waals surface area contributed by atoms with E-state index < -0.39 is 23.1 Å². The fraction of sp³-hybridized carbons (Fsp3) is 0.389. The summed E-state index contributed by atoms with van der Waals surface area (Å²) < 4.78 is 28.4. The van der Waals surface area contributed by atoms with Gasteiger partial charge >= 0.3 is 0 Å². The summed E-state index contributed by atoms with van der Waals surface area (Å²) in [4.78, 5) is 28.4. The molecule has 0 aliphatic carbocycles. The molecular weight excluding hydrogens is 342 g/mol. The number of hydrogen-bond donors (Lipinski definition) is 0. The van der Waals surface area contributed by atoms with Gasteiger partial charge in [-0.15, -0.1) is 0 Å². The minimum Gasteiger partial charge on any atom is -0.347 e. The van der Waals surface area contributed by atoms with E-state index >= 15 is 0 Å². The largest absolute Gasteiger partial charge is 0.347 e. The van der Waals surface area contributed by atoms with Crippen molar-refractivity contribution in [2.24, 2.45) is 0 Å². The van der Waals surface area contributed by atoms with Crippen LogP contribution >= 0.6 is 0 Å². The summed E-state index contributed by atoms with van der Waals surface area (Å²) in [7, 11) is 3.36. The number of benzene rings is 1.